The zero-order valence-electron chi connectivity index (χ0n) is 20.1. The molecule has 0 radical (unpaired) electrons. The van der Waals surface area contributed by atoms with Gasteiger partial charge in [-0.3, -0.25) is 0 Å². The van der Waals surface area contributed by atoms with Crippen LogP contribution in [-0.2, 0) is 14.9 Å². The number of allylic oxidation sites excluding steroid dienone is 1. The van der Waals surface area contributed by atoms with E-state index in [-0.39, 0.29) is 0 Å². The fourth-order valence-electron chi connectivity index (χ4n) is 4.24. The molecular weight excluding hydrogens is 390 g/mol. The van der Waals surface area contributed by atoms with Crippen molar-refractivity contribution in [2.45, 2.75) is 39.0 Å². The van der Waals surface area contributed by atoms with Crippen LogP contribution in [0.4, 0.5) is 0 Å². The van der Waals surface area contributed by atoms with E-state index in [4.69, 9.17) is 14.2 Å². The number of ether oxygens (including phenoxy) is 3. The molecule has 1 heterocycles. The molecule has 1 unspecified atom stereocenters. The first kappa shape index (κ1) is 25.0. The summed E-state index contributed by atoms with van der Waals surface area (Å²) in [6.07, 6.45) is 3.80. The zero-order chi connectivity index (χ0) is 22.9. The Morgan fingerprint density at radius 3 is 2.58 bits per heavy atom. The third kappa shape index (κ3) is 6.15. The molecule has 0 amide bonds. The van der Waals surface area contributed by atoms with E-state index < -0.39 is 10.8 Å². The lowest BCUT2D eigenvalue weighted by atomic mass is 9.60. The molecule has 0 aromatic heterocycles. The van der Waals surface area contributed by atoms with Crippen LogP contribution in [0.5, 0.6) is 5.75 Å². The van der Waals surface area contributed by atoms with Crippen LogP contribution in [0.25, 0.3) is 0 Å². The van der Waals surface area contributed by atoms with Gasteiger partial charge < -0.3 is 24.0 Å². The van der Waals surface area contributed by atoms with Crippen LogP contribution in [0.15, 0.2) is 36.2 Å². The van der Waals surface area contributed by atoms with Gasteiger partial charge in [-0.1, -0.05) is 26.0 Å². The predicted molar refractivity (Wildman–Crippen MR) is 124 cm³/mol. The Kier molecular flexibility index (Phi) is 9.21. The third-order valence-electron chi connectivity index (χ3n) is 6.11. The second-order valence-corrected chi connectivity index (χ2v) is 8.89. The van der Waals surface area contributed by atoms with Crippen LogP contribution in [0.1, 0.15) is 39.2 Å². The number of methoxy groups -OCH3 is 1. The SMILES string of the molecule is CCOC(=CC(C)(C)C(C#N)(CCCN(C)C)c1cccc(OC)c1)N1CCOCC1. The monoisotopic (exact) mass is 429 g/mol. The molecule has 1 atom stereocenters. The Hall–Kier alpha value is -2.23. The van der Waals surface area contributed by atoms with Crippen molar-refractivity contribution in [3.63, 3.8) is 0 Å². The largest absolute Gasteiger partial charge is 0.497 e. The highest BCUT2D eigenvalue weighted by atomic mass is 16.5. The van der Waals surface area contributed by atoms with Gasteiger partial charge in [0.2, 0.25) is 0 Å². The fourth-order valence-corrected chi connectivity index (χ4v) is 4.24. The van der Waals surface area contributed by atoms with Crippen LogP contribution < -0.4 is 4.74 Å². The summed E-state index contributed by atoms with van der Waals surface area (Å²) in [6, 6.07) is 10.7. The smallest absolute Gasteiger partial charge is 0.185 e. The lowest BCUT2D eigenvalue weighted by molar-refractivity contribution is 0.0138. The maximum absolute atomic E-state index is 10.6. The van der Waals surface area contributed by atoms with Crippen molar-refractivity contribution < 1.29 is 14.2 Å². The molecule has 0 saturated carbocycles. The summed E-state index contributed by atoms with van der Waals surface area (Å²) >= 11 is 0. The minimum absolute atomic E-state index is 0.483. The first-order valence-electron chi connectivity index (χ1n) is 11.2. The maximum Gasteiger partial charge on any atom is 0.185 e. The summed E-state index contributed by atoms with van der Waals surface area (Å²) in [5.74, 6) is 1.61. The Morgan fingerprint density at radius 2 is 2.00 bits per heavy atom. The van der Waals surface area contributed by atoms with E-state index in [1.807, 2.05) is 31.2 Å². The maximum atomic E-state index is 10.6. The lowest BCUT2D eigenvalue weighted by Crippen LogP contribution is -2.42. The van der Waals surface area contributed by atoms with Crippen molar-refractivity contribution in [3.05, 3.63) is 41.8 Å². The van der Waals surface area contributed by atoms with E-state index in [9.17, 15) is 5.26 Å². The molecule has 1 aliphatic rings. The van der Waals surface area contributed by atoms with Crippen molar-refractivity contribution in [1.82, 2.24) is 9.80 Å². The minimum atomic E-state index is -0.730. The van der Waals surface area contributed by atoms with E-state index in [1.54, 1.807) is 7.11 Å². The van der Waals surface area contributed by atoms with Crippen molar-refractivity contribution in [2.75, 3.05) is 60.7 Å². The minimum Gasteiger partial charge on any atom is -0.497 e. The Labute approximate surface area is 188 Å². The molecular formula is C25H39N3O3. The van der Waals surface area contributed by atoms with Crippen molar-refractivity contribution in [2.24, 2.45) is 5.41 Å². The summed E-state index contributed by atoms with van der Waals surface area (Å²) in [6.45, 7) is 10.8. The van der Waals surface area contributed by atoms with Crippen LogP contribution in [0.2, 0.25) is 0 Å². The molecule has 6 heteroatoms. The van der Waals surface area contributed by atoms with Gasteiger partial charge in [0.05, 0.1) is 38.4 Å². The van der Waals surface area contributed by atoms with E-state index in [0.717, 1.165) is 49.7 Å². The van der Waals surface area contributed by atoms with Crippen LogP contribution in [0.3, 0.4) is 0 Å². The molecule has 172 valence electrons. The predicted octanol–water partition coefficient (Wildman–Crippen LogP) is 4.03. The summed E-state index contributed by atoms with van der Waals surface area (Å²) in [4.78, 5) is 4.39. The van der Waals surface area contributed by atoms with Gasteiger partial charge in [-0.2, -0.15) is 5.26 Å². The Balaban J connectivity index is 2.53. The second-order valence-electron chi connectivity index (χ2n) is 8.89. The number of nitriles is 1. The second kappa shape index (κ2) is 11.4. The van der Waals surface area contributed by atoms with Gasteiger partial charge in [-0.15, -0.1) is 0 Å². The number of morpholine rings is 1. The summed E-state index contributed by atoms with van der Waals surface area (Å²) in [5, 5.41) is 10.6. The van der Waals surface area contributed by atoms with Crippen molar-refractivity contribution in [3.8, 4) is 11.8 Å². The highest BCUT2D eigenvalue weighted by Crippen LogP contribution is 2.47. The average molecular weight is 430 g/mol. The van der Waals surface area contributed by atoms with Crippen molar-refractivity contribution >= 4 is 0 Å². The molecule has 1 aromatic carbocycles. The van der Waals surface area contributed by atoms with Gasteiger partial charge in [-0.25, -0.2) is 0 Å². The van der Waals surface area contributed by atoms with Crippen LogP contribution in [0, 0.1) is 16.7 Å². The molecule has 1 aromatic rings. The normalized spacial score (nSPS) is 17.2. The van der Waals surface area contributed by atoms with Gasteiger partial charge in [0, 0.05) is 18.5 Å². The lowest BCUT2D eigenvalue weighted by Gasteiger charge is -2.42. The molecule has 0 bridgehead atoms. The van der Waals surface area contributed by atoms with Crippen LogP contribution in [-0.4, -0.2) is 70.5 Å². The molecule has 2 rings (SSSR count). The van der Waals surface area contributed by atoms with Gasteiger partial charge >= 0.3 is 0 Å². The molecule has 1 fully saturated rings. The molecule has 1 saturated heterocycles. The van der Waals surface area contributed by atoms with Gasteiger partial charge in [-0.05, 0) is 64.2 Å². The van der Waals surface area contributed by atoms with E-state index in [0.29, 0.717) is 19.8 Å². The Bertz CT molecular complexity index is 764. The molecule has 1 aliphatic heterocycles. The van der Waals surface area contributed by atoms with Gasteiger partial charge in [0.25, 0.3) is 0 Å². The fraction of sp³-hybridized carbons (Fsp3) is 0.640. The number of hydrogen-bond donors (Lipinski definition) is 0. The number of rotatable bonds is 11. The first-order valence-corrected chi connectivity index (χ1v) is 11.2. The van der Waals surface area contributed by atoms with Crippen LogP contribution >= 0.6 is 0 Å². The quantitative estimate of drug-likeness (QED) is 0.495. The Morgan fingerprint density at radius 1 is 1.29 bits per heavy atom. The number of benzene rings is 1. The van der Waals surface area contributed by atoms with Gasteiger partial charge in [0.15, 0.2) is 5.88 Å². The molecule has 0 spiro atoms. The van der Waals surface area contributed by atoms with Crippen molar-refractivity contribution in [1.29, 1.82) is 5.26 Å². The average Bonchev–Trinajstić information content (AvgIpc) is 2.76. The highest BCUT2D eigenvalue weighted by molar-refractivity contribution is 5.42. The molecule has 0 N–H and O–H groups in total. The third-order valence-corrected chi connectivity index (χ3v) is 6.11. The van der Waals surface area contributed by atoms with E-state index >= 15 is 0 Å². The van der Waals surface area contributed by atoms with Gasteiger partial charge in [0.1, 0.15) is 5.75 Å². The van der Waals surface area contributed by atoms with E-state index in [1.165, 1.54) is 0 Å². The number of nitrogens with zero attached hydrogens (tertiary/aromatic N) is 3. The number of hydrogen-bond acceptors (Lipinski definition) is 6. The standard InChI is InChI=1S/C25H39N3O3/c1-7-31-23(28-14-16-30-17-15-28)19-24(2,3)25(20-26,12-9-13-27(4)5)21-10-8-11-22(18-21)29-6/h8,10-11,18-19H,7,9,12-17H2,1-6H3. The highest BCUT2D eigenvalue weighted by Gasteiger charge is 2.46. The summed E-state index contributed by atoms with van der Waals surface area (Å²) in [5.41, 5.74) is -0.234. The first-order chi connectivity index (χ1) is 14.8. The molecule has 31 heavy (non-hydrogen) atoms. The van der Waals surface area contributed by atoms with E-state index in [2.05, 4.69) is 49.9 Å². The molecule has 6 nitrogen and oxygen atoms in total. The summed E-state index contributed by atoms with van der Waals surface area (Å²) < 4.78 is 17.1. The summed E-state index contributed by atoms with van der Waals surface area (Å²) in [7, 11) is 5.79. The molecule has 0 aliphatic carbocycles. The topological polar surface area (TPSA) is 58.0 Å². The zero-order valence-corrected chi connectivity index (χ0v) is 20.1.